The Bertz CT molecular complexity index is 605. The molecule has 0 saturated heterocycles. The van der Waals surface area contributed by atoms with Crippen molar-refractivity contribution in [1.29, 1.82) is 0 Å². The molecule has 2 heterocycles. The second-order valence-electron chi connectivity index (χ2n) is 4.91. The second kappa shape index (κ2) is 5.40. The number of aryl methyl sites for hydroxylation is 1. The van der Waals surface area contributed by atoms with E-state index < -0.39 is 0 Å². The lowest BCUT2D eigenvalue weighted by molar-refractivity contribution is 0.535. The predicted octanol–water partition coefficient (Wildman–Crippen LogP) is 4.96. The maximum atomic E-state index is 6.28. The summed E-state index contributed by atoms with van der Waals surface area (Å²) >= 11 is 8.53. The molecule has 19 heavy (non-hydrogen) atoms. The van der Waals surface area contributed by atoms with E-state index >= 15 is 0 Å². The van der Waals surface area contributed by atoms with Gasteiger partial charge in [0.25, 0.3) is 0 Å². The fourth-order valence-electron chi connectivity index (χ4n) is 2.64. The summed E-state index contributed by atoms with van der Waals surface area (Å²) < 4.78 is 6.33. The van der Waals surface area contributed by atoms with Gasteiger partial charge in [-0.05, 0) is 48.4 Å². The normalized spacial score (nSPS) is 16.2. The Morgan fingerprint density at radius 3 is 2.68 bits per heavy atom. The molecule has 3 rings (SSSR count). The van der Waals surface area contributed by atoms with Crippen LogP contribution in [0.5, 0.6) is 0 Å². The van der Waals surface area contributed by atoms with Crippen LogP contribution in [0.25, 0.3) is 11.4 Å². The molecule has 0 unspecified atom stereocenters. The summed E-state index contributed by atoms with van der Waals surface area (Å²) in [4.78, 5) is 9.15. The molecule has 0 radical (unpaired) electrons. The van der Waals surface area contributed by atoms with E-state index in [-0.39, 0.29) is 0 Å². The monoisotopic (exact) mass is 388 g/mol. The first-order chi connectivity index (χ1) is 9.16. The van der Waals surface area contributed by atoms with Crippen LogP contribution in [0, 0.1) is 10.5 Å². The summed E-state index contributed by atoms with van der Waals surface area (Å²) in [6, 6.07) is 1.90. The van der Waals surface area contributed by atoms with E-state index in [4.69, 9.17) is 21.0 Å². The first kappa shape index (κ1) is 13.4. The molecule has 0 bridgehead atoms. The summed E-state index contributed by atoms with van der Waals surface area (Å²) in [5.41, 5.74) is 2.03. The highest BCUT2D eigenvalue weighted by Gasteiger charge is 2.24. The van der Waals surface area contributed by atoms with Crippen LogP contribution in [0.1, 0.15) is 43.1 Å². The maximum absolute atomic E-state index is 6.28. The van der Waals surface area contributed by atoms with Crippen LogP contribution in [0.3, 0.4) is 0 Å². The molecule has 1 aliphatic carbocycles. The fraction of sp³-hybridized carbons (Fsp3) is 0.429. The first-order valence-corrected chi connectivity index (χ1v) is 7.90. The Hall–Kier alpha value is -0.620. The zero-order chi connectivity index (χ0) is 13.4. The minimum absolute atomic E-state index is 0.526. The first-order valence-electron chi connectivity index (χ1n) is 6.44. The highest BCUT2D eigenvalue weighted by Crippen LogP contribution is 2.38. The van der Waals surface area contributed by atoms with E-state index in [0.29, 0.717) is 16.9 Å². The van der Waals surface area contributed by atoms with E-state index in [2.05, 4.69) is 27.6 Å². The molecule has 0 N–H and O–H groups in total. The minimum Gasteiger partial charge on any atom is -0.469 e. The number of nitrogens with zero attached hydrogens (tertiary/aromatic N) is 2. The van der Waals surface area contributed by atoms with E-state index in [1.165, 1.54) is 25.7 Å². The topological polar surface area (TPSA) is 38.9 Å². The molecule has 3 nitrogen and oxygen atoms in total. The van der Waals surface area contributed by atoms with Gasteiger partial charge in [0, 0.05) is 5.92 Å². The molecule has 1 fully saturated rings. The van der Waals surface area contributed by atoms with Gasteiger partial charge in [-0.3, -0.25) is 0 Å². The van der Waals surface area contributed by atoms with Gasteiger partial charge < -0.3 is 4.42 Å². The van der Waals surface area contributed by atoms with Crippen molar-refractivity contribution < 1.29 is 4.42 Å². The van der Waals surface area contributed by atoms with Crippen molar-refractivity contribution in [3.05, 3.63) is 32.5 Å². The molecule has 0 aromatic carbocycles. The van der Waals surface area contributed by atoms with Gasteiger partial charge in [-0.2, -0.15) is 0 Å². The van der Waals surface area contributed by atoms with Gasteiger partial charge in [0.15, 0.2) is 5.82 Å². The summed E-state index contributed by atoms with van der Waals surface area (Å²) in [6.45, 7) is 1.92. The van der Waals surface area contributed by atoms with Crippen LogP contribution in [0.2, 0.25) is 5.15 Å². The number of hydrogen-bond donors (Lipinski definition) is 0. The van der Waals surface area contributed by atoms with Crippen molar-refractivity contribution in [3.63, 3.8) is 0 Å². The smallest absolute Gasteiger partial charge is 0.164 e. The van der Waals surface area contributed by atoms with Gasteiger partial charge in [0.1, 0.15) is 10.9 Å². The summed E-state index contributed by atoms with van der Waals surface area (Å²) in [5, 5.41) is 0.549. The molecule has 1 aliphatic rings. The molecule has 2 aromatic heterocycles. The number of aromatic nitrogens is 2. The summed E-state index contributed by atoms with van der Waals surface area (Å²) in [7, 11) is 0. The molecule has 100 valence electrons. The Morgan fingerprint density at radius 1 is 1.32 bits per heavy atom. The van der Waals surface area contributed by atoms with E-state index in [0.717, 1.165) is 20.6 Å². The van der Waals surface area contributed by atoms with Crippen LogP contribution in [-0.2, 0) is 0 Å². The third-order valence-electron chi connectivity index (χ3n) is 3.68. The van der Waals surface area contributed by atoms with E-state index in [9.17, 15) is 0 Å². The SMILES string of the molecule is Cc1occc1-c1nc(Cl)c(I)c(C2CCCC2)n1. The third kappa shape index (κ3) is 2.52. The lowest BCUT2D eigenvalue weighted by Gasteiger charge is -2.13. The van der Waals surface area contributed by atoms with Crippen molar-refractivity contribution in [2.24, 2.45) is 0 Å². The lowest BCUT2D eigenvalue weighted by Crippen LogP contribution is -2.04. The molecule has 0 amide bonds. The minimum atomic E-state index is 0.526. The zero-order valence-electron chi connectivity index (χ0n) is 10.6. The lowest BCUT2D eigenvalue weighted by atomic mass is 10.0. The highest BCUT2D eigenvalue weighted by atomic mass is 127. The summed E-state index contributed by atoms with van der Waals surface area (Å²) in [5.74, 6) is 2.03. The van der Waals surface area contributed by atoms with Gasteiger partial charge in [0.05, 0.1) is 21.1 Å². The van der Waals surface area contributed by atoms with Crippen molar-refractivity contribution in [3.8, 4) is 11.4 Å². The standard InChI is InChI=1S/C14H14ClIN2O/c1-8-10(6-7-19-8)14-17-12(9-4-2-3-5-9)11(16)13(15)18-14/h6-7,9H,2-5H2,1H3. The number of hydrogen-bond acceptors (Lipinski definition) is 3. The van der Waals surface area contributed by atoms with Crippen LogP contribution >= 0.6 is 34.2 Å². The Balaban J connectivity index is 2.10. The number of halogens is 2. The highest BCUT2D eigenvalue weighted by molar-refractivity contribution is 14.1. The molecular formula is C14H14ClIN2O. The number of rotatable bonds is 2. The van der Waals surface area contributed by atoms with Gasteiger partial charge >= 0.3 is 0 Å². The van der Waals surface area contributed by atoms with Crippen molar-refractivity contribution >= 4 is 34.2 Å². The van der Waals surface area contributed by atoms with Crippen LogP contribution < -0.4 is 0 Å². The molecule has 0 aliphatic heterocycles. The van der Waals surface area contributed by atoms with Crippen LogP contribution in [-0.4, -0.2) is 9.97 Å². The molecule has 0 spiro atoms. The largest absolute Gasteiger partial charge is 0.469 e. The Morgan fingerprint density at radius 2 is 2.05 bits per heavy atom. The van der Waals surface area contributed by atoms with Gasteiger partial charge in [-0.15, -0.1) is 0 Å². The van der Waals surface area contributed by atoms with Gasteiger partial charge in [-0.25, -0.2) is 9.97 Å². The van der Waals surface area contributed by atoms with Crippen LogP contribution in [0.4, 0.5) is 0 Å². The fourth-order valence-corrected chi connectivity index (χ4v) is 3.50. The van der Waals surface area contributed by atoms with E-state index in [1.54, 1.807) is 6.26 Å². The van der Waals surface area contributed by atoms with Gasteiger partial charge in [0.2, 0.25) is 0 Å². The molecular weight excluding hydrogens is 375 g/mol. The number of furan rings is 1. The summed E-state index contributed by atoms with van der Waals surface area (Å²) in [6.07, 6.45) is 6.63. The van der Waals surface area contributed by atoms with E-state index in [1.807, 2.05) is 13.0 Å². The second-order valence-corrected chi connectivity index (χ2v) is 6.35. The Kier molecular flexibility index (Phi) is 3.80. The van der Waals surface area contributed by atoms with Crippen molar-refractivity contribution in [2.75, 3.05) is 0 Å². The average Bonchev–Trinajstić information content (AvgIpc) is 3.03. The zero-order valence-corrected chi connectivity index (χ0v) is 13.5. The van der Waals surface area contributed by atoms with Crippen LogP contribution in [0.15, 0.2) is 16.7 Å². The predicted molar refractivity (Wildman–Crippen MR) is 83.4 cm³/mol. The third-order valence-corrected chi connectivity index (χ3v) is 5.33. The molecule has 0 atom stereocenters. The average molecular weight is 389 g/mol. The Labute approximate surface area is 130 Å². The molecule has 1 saturated carbocycles. The molecule has 2 aromatic rings. The van der Waals surface area contributed by atoms with Crippen molar-refractivity contribution in [2.45, 2.75) is 38.5 Å². The molecule has 5 heteroatoms. The maximum Gasteiger partial charge on any atom is 0.164 e. The van der Waals surface area contributed by atoms with Crippen molar-refractivity contribution in [1.82, 2.24) is 9.97 Å². The quantitative estimate of drug-likeness (QED) is 0.539. The van der Waals surface area contributed by atoms with Gasteiger partial charge in [-0.1, -0.05) is 24.4 Å².